The summed E-state index contributed by atoms with van der Waals surface area (Å²) in [7, 11) is 0. The number of carbonyl (C=O) groups is 1. The molecule has 0 aromatic carbocycles. The zero-order chi connectivity index (χ0) is 11.8. The minimum atomic E-state index is -0.440. The van der Waals surface area contributed by atoms with Gasteiger partial charge in [-0.3, -0.25) is 4.90 Å². The minimum Gasteiger partial charge on any atom is -0.456 e. The SMILES string of the molecule is CCOC(=O)C#CCN(C(C)C)C(C)C. The quantitative estimate of drug-likeness (QED) is 0.402. The second-order valence-electron chi connectivity index (χ2n) is 3.88. The topological polar surface area (TPSA) is 29.5 Å². The van der Waals surface area contributed by atoms with E-state index in [9.17, 15) is 4.79 Å². The molecule has 0 heterocycles. The van der Waals surface area contributed by atoms with Crippen LogP contribution in [0.4, 0.5) is 0 Å². The Labute approximate surface area is 92.8 Å². The third-order valence-corrected chi connectivity index (χ3v) is 2.05. The van der Waals surface area contributed by atoms with Crippen molar-refractivity contribution in [3.8, 4) is 11.8 Å². The van der Waals surface area contributed by atoms with E-state index in [1.807, 2.05) is 0 Å². The summed E-state index contributed by atoms with van der Waals surface area (Å²) in [5, 5.41) is 0. The Hall–Kier alpha value is -1.01. The lowest BCUT2D eigenvalue weighted by molar-refractivity contribution is -0.136. The van der Waals surface area contributed by atoms with Crippen molar-refractivity contribution in [2.75, 3.05) is 13.2 Å². The number of carbonyl (C=O) groups excluding carboxylic acids is 1. The molecule has 0 unspecified atom stereocenters. The fraction of sp³-hybridized carbons (Fsp3) is 0.750. The number of esters is 1. The first-order chi connectivity index (χ1) is 6.99. The summed E-state index contributed by atoms with van der Waals surface area (Å²) < 4.78 is 4.71. The molecule has 0 atom stereocenters. The van der Waals surface area contributed by atoms with E-state index in [0.717, 1.165) is 0 Å². The molecule has 0 aliphatic heterocycles. The van der Waals surface area contributed by atoms with Crippen LogP contribution in [0.5, 0.6) is 0 Å². The first kappa shape index (κ1) is 14.0. The molecule has 0 aromatic heterocycles. The highest BCUT2D eigenvalue weighted by molar-refractivity contribution is 5.88. The van der Waals surface area contributed by atoms with Gasteiger partial charge in [0.2, 0.25) is 0 Å². The van der Waals surface area contributed by atoms with Gasteiger partial charge in [0.05, 0.1) is 13.2 Å². The van der Waals surface area contributed by atoms with E-state index in [1.165, 1.54) is 0 Å². The van der Waals surface area contributed by atoms with E-state index in [-0.39, 0.29) is 0 Å². The third-order valence-electron chi connectivity index (χ3n) is 2.05. The standard InChI is InChI=1S/C12H21NO2/c1-6-15-12(14)8-7-9-13(10(2)3)11(4)5/h10-11H,6,9H2,1-5H3. The summed E-state index contributed by atoms with van der Waals surface area (Å²) >= 11 is 0. The van der Waals surface area contributed by atoms with E-state index in [1.54, 1.807) is 6.92 Å². The zero-order valence-corrected chi connectivity index (χ0v) is 10.3. The smallest absolute Gasteiger partial charge is 0.384 e. The van der Waals surface area contributed by atoms with E-state index in [4.69, 9.17) is 4.74 Å². The average Bonchev–Trinajstić information content (AvgIpc) is 2.11. The molecule has 0 bridgehead atoms. The molecule has 0 aliphatic carbocycles. The summed E-state index contributed by atoms with van der Waals surface area (Å²) in [6, 6.07) is 0.864. The van der Waals surface area contributed by atoms with Gasteiger partial charge in [-0.2, -0.15) is 0 Å². The fourth-order valence-electron chi connectivity index (χ4n) is 1.33. The Morgan fingerprint density at radius 1 is 1.27 bits per heavy atom. The number of rotatable bonds is 4. The molecule has 0 rings (SSSR count). The first-order valence-electron chi connectivity index (χ1n) is 5.40. The van der Waals surface area contributed by atoms with Crippen molar-refractivity contribution >= 4 is 5.97 Å². The van der Waals surface area contributed by atoms with Gasteiger partial charge in [0, 0.05) is 18.0 Å². The first-order valence-corrected chi connectivity index (χ1v) is 5.40. The molecule has 0 saturated heterocycles. The van der Waals surface area contributed by atoms with E-state index >= 15 is 0 Å². The van der Waals surface area contributed by atoms with Crippen molar-refractivity contribution in [1.29, 1.82) is 0 Å². The van der Waals surface area contributed by atoms with Crippen molar-refractivity contribution in [2.45, 2.75) is 46.7 Å². The largest absolute Gasteiger partial charge is 0.456 e. The fourth-order valence-corrected chi connectivity index (χ4v) is 1.33. The molecule has 0 radical (unpaired) electrons. The molecule has 86 valence electrons. The van der Waals surface area contributed by atoms with Crippen LogP contribution in [-0.2, 0) is 9.53 Å². The molecule has 15 heavy (non-hydrogen) atoms. The maximum atomic E-state index is 10.9. The predicted octanol–water partition coefficient (Wildman–Crippen LogP) is 1.67. The number of hydrogen-bond acceptors (Lipinski definition) is 3. The van der Waals surface area contributed by atoms with Crippen molar-refractivity contribution in [2.24, 2.45) is 0 Å². The lowest BCUT2D eigenvalue weighted by Gasteiger charge is -2.28. The molecule has 0 aromatic rings. The normalized spacial score (nSPS) is 10.4. The van der Waals surface area contributed by atoms with Crippen LogP contribution in [0.1, 0.15) is 34.6 Å². The summed E-state index contributed by atoms with van der Waals surface area (Å²) in [5.74, 6) is 4.87. The summed E-state index contributed by atoms with van der Waals surface area (Å²) in [5.41, 5.74) is 0. The monoisotopic (exact) mass is 211 g/mol. The van der Waals surface area contributed by atoms with Gasteiger partial charge in [-0.05, 0) is 34.6 Å². The maximum Gasteiger partial charge on any atom is 0.384 e. The van der Waals surface area contributed by atoms with Crippen LogP contribution in [0.2, 0.25) is 0 Å². The van der Waals surface area contributed by atoms with Gasteiger partial charge in [-0.1, -0.05) is 5.92 Å². The molecule has 0 aliphatic rings. The van der Waals surface area contributed by atoms with Crippen molar-refractivity contribution < 1.29 is 9.53 Å². The second-order valence-corrected chi connectivity index (χ2v) is 3.88. The van der Waals surface area contributed by atoms with Crippen LogP contribution in [0.25, 0.3) is 0 Å². The van der Waals surface area contributed by atoms with Gasteiger partial charge < -0.3 is 4.74 Å². The van der Waals surface area contributed by atoms with Crippen LogP contribution in [0.15, 0.2) is 0 Å². The number of nitrogens with zero attached hydrogens (tertiary/aromatic N) is 1. The van der Waals surface area contributed by atoms with E-state index in [0.29, 0.717) is 25.2 Å². The molecule has 0 fully saturated rings. The molecular formula is C12H21NO2. The maximum absolute atomic E-state index is 10.9. The van der Waals surface area contributed by atoms with E-state index in [2.05, 4.69) is 44.4 Å². The molecule has 0 N–H and O–H groups in total. The molecular weight excluding hydrogens is 190 g/mol. The van der Waals surface area contributed by atoms with Crippen LogP contribution in [0.3, 0.4) is 0 Å². The Morgan fingerprint density at radius 2 is 1.80 bits per heavy atom. The molecule has 3 heteroatoms. The zero-order valence-electron chi connectivity index (χ0n) is 10.3. The van der Waals surface area contributed by atoms with Crippen molar-refractivity contribution in [3.05, 3.63) is 0 Å². The van der Waals surface area contributed by atoms with Gasteiger partial charge in [0.25, 0.3) is 0 Å². The van der Waals surface area contributed by atoms with Crippen LogP contribution < -0.4 is 0 Å². The lowest BCUT2D eigenvalue weighted by Crippen LogP contribution is -2.37. The molecule has 0 saturated carbocycles. The number of ether oxygens (including phenoxy) is 1. The van der Waals surface area contributed by atoms with Crippen LogP contribution in [0, 0.1) is 11.8 Å². The molecule has 3 nitrogen and oxygen atoms in total. The van der Waals surface area contributed by atoms with Crippen molar-refractivity contribution in [1.82, 2.24) is 4.90 Å². The minimum absolute atomic E-state index is 0.381. The van der Waals surface area contributed by atoms with Gasteiger partial charge in [-0.15, -0.1) is 0 Å². The average molecular weight is 211 g/mol. The van der Waals surface area contributed by atoms with Gasteiger partial charge in [0.15, 0.2) is 0 Å². The van der Waals surface area contributed by atoms with Crippen LogP contribution >= 0.6 is 0 Å². The molecule has 0 amide bonds. The Bertz CT molecular complexity index is 240. The highest BCUT2D eigenvalue weighted by Crippen LogP contribution is 2.02. The van der Waals surface area contributed by atoms with Crippen molar-refractivity contribution in [3.63, 3.8) is 0 Å². The number of hydrogen-bond donors (Lipinski definition) is 0. The van der Waals surface area contributed by atoms with Crippen LogP contribution in [-0.4, -0.2) is 36.1 Å². The Morgan fingerprint density at radius 3 is 2.20 bits per heavy atom. The predicted molar refractivity (Wildman–Crippen MR) is 61.4 cm³/mol. The van der Waals surface area contributed by atoms with Gasteiger partial charge in [0.1, 0.15) is 0 Å². The third kappa shape index (κ3) is 6.14. The second kappa shape index (κ2) is 7.30. The Balaban J connectivity index is 4.15. The summed E-state index contributed by atoms with van der Waals surface area (Å²) in [6.45, 7) is 11.2. The highest BCUT2D eigenvalue weighted by Gasteiger charge is 2.11. The van der Waals surface area contributed by atoms with E-state index < -0.39 is 5.97 Å². The van der Waals surface area contributed by atoms with Gasteiger partial charge >= 0.3 is 5.97 Å². The molecule has 0 spiro atoms. The Kier molecular flexibility index (Phi) is 6.81. The lowest BCUT2D eigenvalue weighted by atomic mass is 10.2. The van der Waals surface area contributed by atoms with Gasteiger partial charge in [-0.25, -0.2) is 4.79 Å². The summed E-state index contributed by atoms with van der Waals surface area (Å²) in [6.07, 6.45) is 0. The summed E-state index contributed by atoms with van der Waals surface area (Å²) in [4.78, 5) is 13.2. The highest BCUT2D eigenvalue weighted by atomic mass is 16.5.